The Labute approximate surface area is 256 Å². The van der Waals surface area contributed by atoms with E-state index in [-0.39, 0.29) is 5.41 Å². The van der Waals surface area contributed by atoms with Gasteiger partial charge >= 0.3 is 0 Å². The molecule has 0 atom stereocenters. The van der Waals surface area contributed by atoms with Gasteiger partial charge in [-0.1, -0.05) is 108 Å². The molecule has 216 valence electrons. The second kappa shape index (κ2) is 10.4. The number of rotatable bonds is 5. The Bertz CT molecular complexity index is 1860. The highest BCUT2D eigenvalue weighted by Gasteiger charge is 2.32. The van der Waals surface area contributed by atoms with Crippen LogP contribution in [0.25, 0.3) is 43.6 Å². The Morgan fingerprint density at radius 2 is 1.62 bits per heavy atom. The number of hydrogen-bond acceptors (Lipinski definition) is 1. The van der Waals surface area contributed by atoms with Crippen molar-refractivity contribution in [3.05, 3.63) is 77.0 Å². The second-order valence-corrected chi connectivity index (χ2v) is 16.0. The summed E-state index contributed by atoms with van der Waals surface area (Å²) >= 11 is 2.03. The molecule has 0 amide bonds. The standard InChI is InChI=1S/C40H46NS/c1-24(2)18-34-30-15-13-28(23-40(4,5)6)21-32(30)25(3)36-38-37-31(16-17-41(38)7)33-20-27(19-26-10-8-9-11-26)12-14-29(33)22-35(37)42-39(34)36/h12-17,20-22,24,26H,8-11,18-19,23H2,1-7H3/q+1. The van der Waals surface area contributed by atoms with E-state index in [2.05, 4.69) is 108 Å². The van der Waals surface area contributed by atoms with Crippen molar-refractivity contribution in [3.63, 3.8) is 0 Å². The van der Waals surface area contributed by atoms with Crippen LogP contribution in [0.2, 0.25) is 0 Å². The van der Waals surface area contributed by atoms with Crippen LogP contribution in [0.15, 0.2) is 64.5 Å². The molecule has 2 aliphatic rings. The Morgan fingerprint density at radius 3 is 2.36 bits per heavy atom. The lowest BCUT2D eigenvalue weighted by molar-refractivity contribution is -0.659. The summed E-state index contributed by atoms with van der Waals surface area (Å²) in [5, 5.41) is 8.52. The molecule has 0 radical (unpaired) electrons. The minimum Gasteiger partial charge on any atom is -0.200 e. The normalized spacial score (nSPS) is 15.4. The maximum atomic E-state index is 2.52. The Hall–Kier alpha value is -2.84. The number of benzene rings is 4. The van der Waals surface area contributed by atoms with E-state index in [4.69, 9.17) is 0 Å². The number of pyridine rings is 1. The van der Waals surface area contributed by atoms with Crippen LogP contribution in [-0.4, -0.2) is 0 Å². The fraction of sp³-hybridized carbons (Fsp3) is 0.425. The molecule has 0 bridgehead atoms. The summed E-state index contributed by atoms with van der Waals surface area (Å²) in [5.41, 5.74) is 9.03. The van der Waals surface area contributed by atoms with E-state index in [0.717, 1.165) is 18.8 Å². The van der Waals surface area contributed by atoms with E-state index in [0.29, 0.717) is 5.92 Å². The first kappa shape index (κ1) is 28.0. The molecule has 7 rings (SSSR count). The average Bonchev–Trinajstić information content (AvgIpc) is 3.44. The second-order valence-electron chi connectivity index (χ2n) is 15.0. The van der Waals surface area contributed by atoms with Crippen LogP contribution in [-0.2, 0) is 26.3 Å². The van der Waals surface area contributed by atoms with Crippen LogP contribution in [0, 0.1) is 24.2 Å². The van der Waals surface area contributed by atoms with E-state index in [1.165, 1.54) is 108 Å². The van der Waals surface area contributed by atoms with Gasteiger partial charge in [-0.05, 0) is 93.3 Å². The van der Waals surface area contributed by atoms with Crippen molar-refractivity contribution in [2.75, 3.05) is 0 Å². The number of aromatic nitrogens is 1. The van der Waals surface area contributed by atoms with E-state index >= 15 is 0 Å². The van der Waals surface area contributed by atoms with Gasteiger partial charge in [-0.15, -0.1) is 0 Å². The molecular formula is C40H46NS+. The lowest BCUT2D eigenvalue weighted by atomic mass is 9.84. The van der Waals surface area contributed by atoms with Crippen molar-refractivity contribution < 1.29 is 4.57 Å². The maximum Gasteiger partial charge on any atom is 0.222 e. The van der Waals surface area contributed by atoms with Crippen molar-refractivity contribution >= 4 is 44.1 Å². The van der Waals surface area contributed by atoms with Crippen LogP contribution in [0.5, 0.6) is 0 Å². The molecule has 0 saturated heterocycles. The van der Waals surface area contributed by atoms with Crippen molar-refractivity contribution in [3.8, 4) is 11.3 Å². The molecule has 42 heavy (non-hydrogen) atoms. The van der Waals surface area contributed by atoms with Gasteiger partial charge in [-0.3, -0.25) is 0 Å². The molecule has 1 nitrogen and oxygen atoms in total. The quantitative estimate of drug-likeness (QED) is 0.147. The third-order valence-electron chi connectivity index (χ3n) is 9.75. The van der Waals surface area contributed by atoms with E-state index in [1.807, 2.05) is 11.8 Å². The first-order chi connectivity index (χ1) is 20.1. The zero-order chi connectivity index (χ0) is 29.3. The molecule has 4 aromatic carbocycles. The monoisotopic (exact) mass is 572 g/mol. The van der Waals surface area contributed by atoms with Crippen LogP contribution in [0.4, 0.5) is 0 Å². The molecule has 1 aromatic heterocycles. The minimum absolute atomic E-state index is 0.265. The first-order valence-corrected chi connectivity index (χ1v) is 17.0. The molecule has 2 heterocycles. The highest BCUT2D eigenvalue weighted by molar-refractivity contribution is 8.00. The molecular weight excluding hydrogens is 527 g/mol. The predicted octanol–water partition coefficient (Wildman–Crippen LogP) is 10.9. The minimum atomic E-state index is 0.265. The fourth-order valence-corrected chi connectivity index (χ4v) is 9.32. The third-order valence-corrected chi connectivity index (χ3v) is 10.9. The van der Waals surface area contributed by atoms with Crippen molar-refractivity contribution in [2.45, 2.75) is 96.3 Å². The lowest BCUT2D eigenvalue weighted by Crippen LogP contribution is -2.32. The van der Waals surface area contributed by atoms with Gasteiger partial charge in [0.2, 0.25) is 5.69 Å². The van der Waals surface area contributed by atoms with Gasteiger partial charge in [0.15, 0.2) is 6.20 Å². The highest BCUT2D eigenvalue weighted by Crippen LogP contribution is 2.53. The van der Waals surface area contributed by atoms with E-state index in [9.17, 15) is 0 Å². The molecule has 2 heteroatoms. The molecule has 1 fully saturated rings. The maximum absolute atomic E-state index is 2.52. The summed E-state index contributed by atoms with van der Waals surface area (Å²) in [5.74, 6) is 1.46. The Balaban J connectivity index is 1.50. The van der Waals surface area contributed by atoms with Crippen LogP contribution in [0.1, 0.15) is 82.6 Å². The summed E-state index contributed by atoms with van der Waals surface area (Å²) in [6.07, 6.45) is 11.3. The van der Waals surface area contributed by atoms with Crippen LogP contribution < -0.4 is 4.57 Å². The molecule has 5 aromatic rings. The number of fused-ring (bicyclic) bond motifs is 5. The largest absolute Gasteiger partial charge is 0.222 e. The topological polar surface area (TPSA) is 3.88 Å². The number of nitrogens with zero attached hydrogens (tertiary/aromatic N) is 1. The van der Waals surface area contributed by atoms with E-state index < -0.39 is 0 Å². The van der Waals surface area contributed by atoms with E-state index in [1.54, 1.807) is 0 Å². The number of aryl methyl sites for hydroxylation is 2. The zero-order valence-electron chi connectivity index (χ0n) is 26.7. The molecule has 0 unspecified atom stereocenters. The fourth-order valence-electron chi connectivity index (χ4n) is 7.94. The predicted molar refractivity (Wildman–Crippen MR) is 182 cm³/mol. The molecule has 0 spiro atoms. The highest BCUT2D eigenvalue weighted by atomic mass is 32.2. The molecule has 1 aliphatic carbocycles. The van der Waals surface area contributed by atoms with Gasteiger partial charge in [0.25, 0.3) is 0 Å². The van der Waals surface area contributed by atoms with Gasteiger partial charge in [0.1, 0.15) is 7.05 Å². The summed E-state index contributed by atoms with van der Waals surface area (Å²) in [6.45, 7) is 14.2. The van der Waals surface area contributed by atoms with Gasteiger partial charge in [-0.25, -0.2) is 4.57 Å². The average molecular weight is 573 g/mol. The Kier molecular flexibility index (Phi) is 6.93. The number of hydrogen-bond donors (Lipinski definition) is 0. The first-order valence-electron chi connectivity index (χ1n) is 16.2. The summed E-state index contributed by atoms with van der Waals surface area (Å²) < 4.78 is 2.40. The van der Waals surface area contributed by atoms with Gasteiger partial charge in [0, 0.05) is 21.2 Å². The van der Waals surface area contributed by atoms with Crippen molar-refractivity contribution in [2.24, 2.45) is 24.3 Å². The van der Waals surface area contributed by atoms with Gasteiger partial charge < -0.3 is 0 Å². The summed E-state index contributed by atoms with van der Waals surface area (Å²) in [7, 11) is 2.25. The molecule has 1 aliphatic heterocycles. The van der Waals surface area contributed by atoms with Gasteiger partial charge in [-0.2, -0.15) is 0 Å². The third kappa shape index (κ3) is 4.84. The SMILES string of the molecule is Cc1c2c(c(CC(C)C)c3ccc(CC(C)(C)C)cc13)Sc1cc3ccc(CC4CCCC4)cc3c3cc[n+](C)c-2c13. The van der Waals surface area contributed by atoms with Crippen LogP contribution >= 0.6 is 11.8 Å². The Morgan fingerprint density at radius 1 is 0.881 bits per heavy atom. The van der Waals surface area contributed by atoms with Gasteiger partial charge in [0.05, 0.1) is 10.9 Å². The smallest absolute Gasteiger partial charge is 0.200 e. The van der Waals surface area contributed by atoms with Crippen molar-refractivity contribution in [1.29, 1.82) is 0 Å². The van der Waals surface area contributed by atoms with Crippen molar-refractivity contribution in [1.82, 2.24) is 0 Å². The molecule has 1 saturated carbocycles. The zero-order valence-corrected chi connectivity index (χ0v) is 27.5. The lowest BCUT2D eigenvalue weighted by Gasteiger charge is -2.26. The van der Waals surface area contributed by atoms with Crippen LogP contribution in [0.3, 0.4) is 0 Å². The summed E-state index contributed by atoms with van der Waals surface area (Å²) in [6, 6.07) is 19.5. The summed E-state index contributed by atoms with van der Waals surface area (Å²) in [4.78, 5) is 2.89. The molecule has 0 N–H and O–H groups in total.